The van der Waals surface area contributed by atoms with E-state index in [1.807, 2.05) is 11.8 Å². The number of piperazine rings is 1. The van der Waals surface area contributed by atoms with Gasteiger partial charge in [-0.05, 0) is 19.8 Å². The summed E-state index contributed by atoms with van der Waals surface area (Å²) in [4.78, 5) is 16.5. The SMILES string of the molecule is CCCC(C#N)N1CCN(C(=O)C2COC(C)C2)CC1. The van der Waals surface area contributed by atoms with E-state index < -0.39 is 0 Å². The number of nitriles is 1. The molecule has 2 aliphatic rings. The maximum absolute atomic E-state index is 12.4. The van der Waals surface area contributed by atoms with Crippen molar-refractivity contribution in [2.75, 3.05) is 32.8 Å². The van der Waals surface area contributed by atoms with E-state index in [2.05, 4.69) is 17.9 Å². The Labute approximate surface area is 121 Å². The van der Waals surface area contributed by atoms with Gasteiger partial charge in [-0.3, -0.25) is 9.69 Å². The van der Waals surface area contributed by atoms with E-state index in [0.717, 1.165) is 45.4 Å². The van der Waals surface area contributed by atoms with Gasteiger partial charge in [0.2, 0.25) is 5.91 Å². The molecule has 20 heavy (non-hydrogen) atoms. The maximum Gasteiger partial charge on any atom is 0.228 e. The summed E-state index contributed by atoms with van der Waals surface area (Å²) in [5, 5.41) is 9.20. The van der Waals surface area contributed by atoms with Gasteiger partial charge in [0.1, 0.15) is 0 Å². The minimum atomic E-state index is 0.00656. The van der Waals surface area contributed by atoms with E-state index in [4.69, 9.17) is 4.74 Å². The van der Waals surface area contributed by atoms with Crippen molar-refractivity contribution in [2.24, 2.45) is 5.92 Å². The summed E-state index contributed by atoms with van der Waals surface area (Å²) in [6.07, 6.45) is 2.99. The molecule has 0 N–H and O–H groups in total. The van der Waals surface area contributed by atoms with Crippen LogP contribution in [0.3, 0.4) is 0 Å². The van der Waals surface area contributed by atoms with Crippen LogP contribution >= 0.6 is 0 Å². The minimum absolute atomic E-state index is 0.00656. The Balaban J connectivity index is 1.82. The van der Waals surface area contributed by atoms with E-state index in [1.54, 1.807) is 0 Å². The molecule has 0 radical (unpaired) electrons. The van der Waals surface area contributed by atoms with Crippen molar-refractivity contribution < 1.29 is 9.53 Å². The summed E-state index contributed by atoms with van der Waals surface area (Å²) in [7, 11) is 0. The molecule has 5 nitrogen and oxygen atoms in total. The molecular formula is C15H25N3O2. The predicted octanol–water partition coefficient (Wildman–Crippen LogP) is 1.25. The number of nitrogens with zero attached hydrogens (tertiary/aromatic N) is 3. The largest absolute Gasteiger partial charge is 0.378 e. The van der Waals surface area contributed by atoms with Crippen LogP contribution < -0.4 is 0 Å². The standard InChI is InChI=1S/C15H25N3O2/c1-3-4-14(10-16)17-5-7-18(8-6-17)15(19)13-9-12(2)20-11-13/h12-14H,3-9,11H2,1-2H3. The van der Waals surface area contributed by atoms with Crippen LogP contribution in [0.15, 0.2) is 0 Å². The average Bonchev–Trinajstić information content (AvgIpc) is 2.91. The lowest BCUT2D eigenvalue weighted by Crippen LogP contribution is -2.53. The maximum atomic E-state index is 12.4. The van der Waals surface area contributed by atoms with Crippen molar-refractivity contribution in [3.63, 3.8) is 0 Å². The fourth-order valence-electron chi connectivity index (χ4n) is 3.10. The second-order valence-corrected chi connectivity index (χ2v) is 5.87. The first-order chi connectivity index (χ1) is 9.65. The molecule has 2 aliphatic heterocycles. The van der Waals surface area contributed by atoms with Gasteiger partial charge in [-0.15, -0.1) is 0 Å². The van der Waals surface area contributed by atoms with Crippen molar-refractivity contribution in [2.45, 2.75) is 45.3 Å². The zero-order valence-corrected chi connectivity index (χ0v) is 12.5. The van der Waals surface area contributed by atoms with Gasteiger partial charge in [0, 0.05) is 26.2 Å². The Morgan fingerprint density at radius 3 is 2.60 bits per heavy atom. The molecule has 0 aromatic rings. The summed E-state index contributed by atoms with van der Waals surface area (Å²) in [6.45, 7) is 7.80. The zero-order valence-electron chi connectivity index (χ0n) is 12.5. The Morgan fingerprint density at radius 2 is 2.10 bits per heavy atom. The summed E-state index contributed by atoms with van der Waals surface area (Å²) in [6, 6.07) is 2.39. The van der Waals surface area contributed by atoms with Crippen molar-refractivity contribution in [3.05, 3.63) is 0 Å². The number of ether oxygens (including phenoxy) is 1. The summed E-state index contributed by atoms with van der Waals surface area (Å²) in [5.41, 5.74) is 0. The van der Waals surface area contributed by atoms with E-state index in [-0.39, 0.29) is 24.0 Å². The molecule has 5 heteroatoms. The number of rotatable bonds is 4. The quantitative estimate of drug-likeness (QED) is 0.777. The zero-order chi connectivity index (χ0) is 14.5. The van der Waals surface area contributed by atoms with Crippen molar-refractivity contribution in [1.82, 2.24) is 9.80 Å². The molecule has 2 saturated heterocycles. The topological polar surface area (TPSA) is 56.6 Å². The molecule has 2 rings (SSSR count). The van der Waals surface area contributed by atoms with Crippen LogP contribution in [0.5, 0.6) is 0 Å². The molecule has 3 unspecified atom stereocenters. The first kappa shape index (κ1) is 15.3. The van der Waals surface area contributed by atoms with Gasteiger partial charge < -0.3 is 9.64 Å². The van der Waals surface area contributed by atoms with Crippen molar-refractivity contribution in [3.8, 4) is 6.07 Å². The van der Waals surface area contributed by atoms with Gasteiger partial charge in [-0.2, -0.15) is 5.26 Å². The Hall–Kier alpha value is -1.12. The van der Waals surface area contributed by atoms with Crippen LogP contribution in [0.25, 0.3) is 0 Å². The smallest absolute Gasteiger partial charge is 0.228 e. The van der Waals surface area contributed by atoms with E-state index in [9.17, 15) is 10.1 Å². The third kappa shape index (κ3) is 3.50. The highest BCUT2D eigenvalue weighted by Gasteiger charge is 2.33. The number of amides is 1. The summed E-state index contributed by atoms with van der Waals surface area (Å²) < 4.78 is 5.49. The van der Waals surface area contributed by atoms with Crippen LogP contribution in [0.2, 0.25) is 0 Å². The predicted molar refractivity (Wildman–Crippen MR) is 76.0 cm³/mol. The fraction of sp³-hybridized carbons (Fsp3) is 0.867. The lowest BCUT2D eigenvalue weighted by molar-refractivity contribution is -0.137. The van der Waals surface area contributed by atoms with Crippen LogP contribution in [-0.2, 0) is 9.53 Å². The van der Waals surface area contributed by atoms with Crippen molar-refractivity contribution in [1.29, 1.82) is 5.26 Å². The fourth-order valence-corrected chi connectivity index (χ4v) is 3.10. The average molecular weight is 279 g/mol. The number of carbonyl (C=O) groups is 1. The van der Waals surface area contributed by atoms with Gasteiger partial charge in [0.05, 0.1) is 30.7 Å². The summed E-state index contributed by atoms with van der Waals surface area (Å²) >= 11 is 0. The van der Waals surface area contributed by atoms with E-state index in [0.29, 0.717) is 6.61 Å². The normalized spacial score (nSPS) is 29.1. The summed E-state index contributed by atoms with van der Waals surface area (Å²) in [5.74, 6) is 0.275. The third-order valence-corrected chi connectivity index (χ3v) is 4.33. The van der Waals surface area contributed by atoms with Crippen LogP contribution in [0.1, 0.15) is 33.1 Å². The lowest BCUT2D eigenvalue weighted by atomic mass is 10.0. The van der Waals surface area contributed by atoms with E-state index >= 15 is 0 Å². The molecule has 3 atom stereocenters. The highest BCUT2D eigenvalue weighted by molar-refractivity contribution is 5.79. The lowest BCUT2D eigenvalue weighted by Gasteiger charge is -2.37. The van der Waals surface area contributed by atoms with Crippen molar-refractivity contribution >= 4 is 5.91 Å². The first-order valence-electron chi connectivity index (χ1n) is 7.69. The second-order valence-electron chi connectivity index (χ2n) is 5.87. The van der Waals surface area contributed by atoms with Crippen LogP contribution in [0.4, 0.5) is 0 Å². The molecule has 1 amide bonds. The molecule has 2 fully saturated rings. The molecule has 0 saturated carbocycles. The Kier molecular flexibility index (Phi) is 5.38. The van der Waals surface area contributed by atoms with Gasteiger partial charge in [-0.25, -0.2) is 0 Å². The van der Waals surface area contributed by atoms with Gasteiger partial charge in [0.15, 0.2) is 0 Å². The Bertz CT molecular complexity index is 372. The number of carbonyl (C=O) groups excluding carboxylic acids is 1. The monoisotopic (exact) mass is 279 g/mol. The molecule has 112 valence electrons. The number of hydrogen-bond donors (Lipinski definition) is 0. The molecule has 0 bridgehead atoms. The number of hydrogen-bond acceptors (Lipinski definition) is 4. The highest BCUT2D eigenvalue weighted by atomic mass is 16.5. The molecule has 0 aromatic carbocycles. The highest BCUT2D eigenvalue weighted by Crippen LogP contribution is 2.22. The van der Waals surface area contributed by atoms with E-state index in [1.165, 1.54) is 0 Å². The second kappa shape index (κ2) is 7.05. The first-order valence-corrected chi connectivity index (χ1v) is 7.69. The van der Waals surface area contributed by atoms with Gasteiger partial charge in [-0.1, -0.05) is 13.3 Å². The van der Waals surface area contributed by atoms with Crippen LogP contribution in [-0.4, -0.2) is 60.6 Å². The third-order valence-electron chi connectivity index (χ3n) is 4.33. The molecule has 0 aliphatic carbocycles. The molecule has 2 heterocycles. The Morgan fingerprint density at radius 1 is 1.40 bits per heavy atom. The van der Waals surface area contributed by atoms with Crippen LogP contribution in [0, 0.1) is 17.2 Å². The van der Waals surface area contributed by atoms with Gasteiger partial charge in [0.25, 0.3) is 0 Å². The molecule has 0 aromatic heterocycles. The van der Waals surface area contributed by atoms with Gasteiger partial charge >= 0.3 is 0 Å². The molecular weight excluding hydrogens is 254 g/mol. The minimum Gasteiger partial charge on any atom is -0.378 e. The molecule has 0 spiro atoms.